The minimum absolute atomic E-state index is 0.239. The van der Waals surface area contributed by atoms with E-state index in [0.29, 0.717) is 17.9 Å². The van der Waals surface area contributed by atoms with E-state index >= 15 is 0 Å². The van der Waals surface area contributed by atoms with Crippen LogP contribution < -0.4 is 11.1 Å². The smallest absolute Gasteiger partial charge is 0.340 e. The van der Waals surface area contributed by atoms with Crippen molar-refractivity contribution in [3.8, 4) is 0 Å². The fraction of sp³-hybridized carbons (Fsp3) is 0.333. The third kappa shape index (κ3) is 2.52. The highest BCUT2D eigenvalue weighted by Gasteiger charge is 2.34. The number of hydrogen-bond donors (Lipinski definition) is 2. The third-order valence-corrected chi connectivity index (χ3v) is 3.28. The molecule has 0 fully saturated rings. The summed E-state index contributed by atoms with van der Waals surface area (Å²) in [6.07, 6.45) is 1.83. The van der Waals surface area contributed by atoms with Crippen LogP contribution in [-0.2, 0) is 9.53 Å². The van der Waals surface area contributed by atoms with Crippen LogP contribution in [0, 0.1) is 0 Å². The van der Waals surface area contributed by atoms with Crippen molar-refractivity contribution in [1.82, 2.24) is 0 Å². The number of benzene rings is 1. The van der Waals surface area contributed by atoms with E-state index in [-0.39, 0.29) is 12.0 Å². The van der Waals surface area contributed by atoms with Gasteiger partial charge in [0.2, 0.25) is 6.34 Å². The fourth-order valence-corrected chi connectivity index (χ4v) is 2.39. The van der Waals surface area contributed by atoms with Gasteiger partial charge in [0, 0.05) is 11.3 Å². The summed E-state index contributed by atoms with van der Waals surface area (Å²) < 4.78 is 7.07. The Bertz CT molecular complexity index is 587. The second-order valence-corrected chi connectivity index (χ2v) is 4.75. The van der Waals surface area contributed by atoms with Crippen molar-refractivity contribution < 1.29 is 14.1 Å². The van der Waals surface area contributed by atoms with Crippen molar-refractivity contribution in [1.29, 1.82) is 0 Å². The number of esters is 1. The molecule has 5 heteroatoms. The topological polar surface area (TPSA) is 67.4 Å². The minimum atomic E-state index is -0.366. The van der Waals surface area contributed by atoms with E-state index in [0.717, 1.165) is 11.3 Å². The summed E-state index contributed by atoms with van der Waals surface area (Å²) in [4.78, 5) is 12.2. The average Bonchev–Trinajstić information content (AvgIpc) is 2.41. The maximum absolute atomic E-state index is 12.2. The van der Waals surface area contributed by atoms with Gasteiger partial charge in [0.05, 0.1) is 13.7 Å². The maximum atomic E-state index is 12.2. The summed E-state index contributed by atoms with van der Waals surface area (Å²) in [6, 6.07) is 7.61. The standard InChI is InChI=1S/C15H19N3O2/c1-4-20-15(19)13(10(2)16)14-11-7-5-6-8-12(11)17-9-18(14)3/h5-9,14H,4H2,1-3H3,(H2,16,19)/p+1. The Kier molecular flexibility index (Phi) is 4.08. The van der Waals surface area contributed by atoms with E-state index in [1.807, 2.05) is 42.2 Å². The van der Waals surface area contributed by atoms with E-state index in [4.69, 9.17) is 10.5 Å². The van der Waals surface area contributed by atoms with Crippen LogP contribution in [0.4, 0.5) is 5.69 Å². The number of allylic oxidation sites excluding steroid dienone is 1. The first-order chi connectivity index (χ1) is 9.56. The third-order valence-electron chi connectivity index (χ3n) is 3.28. The van der Waals surface area contributed by atoms with Gasteiger partial charge >= 0.3 is 5.97 Å². The van der Waals surface area contributed by atoms with Gasteiger partial charge in [-0.2, -0.15) is 0 Å². The predicted molar refractivity (Wildman–Crippen MR) is 78.6 cm³/mol. The molecule has 1 unspecified atom stereocenters. The van der Waals surface area contributed by atoms with Gasteiger partial charge in [-0.3, -0.25) is 4.58 Å². The zero-order valence-electron chi connectivity index (χ0n) is 12.0. The Balaban J connectivity index is 2.52. The summed E-state index contributed by atoms with van der Waals surface area (Å²) in [5.41, 5.74) is 8.87. The second kappa shape index (κ2) is 5.77. The lowest BCUT2D eigenvalue weighted by molar-refractivity contribution is -0.530. The predicted octanol–water partition coefficient (Wildman–Crippen LogP) is 1.62. The van der Waals surface area contributed by atoms with Crippen molar-refractivity contribution in [2.45, 2.75) is 19.9 Å². The van der Waals surface area contributed by atoms with Gasteiger partial charge in [-0.1, -0.05) is 18.2 Å². The molecule has 20 heavy (non-hydrogen) atoms. The van der Waals surface area contributed by atoms with E-state index in [9.17, 15) is 4.79 Å². The molecule has 1 aliphatic heterocycles. The molecule has 1 aromatic rings. The van der Waals surface area contributed by atoms with Crippen molar-refractivity contribution in [3.63, 3.8) is 0 Å². The number of ether oxygens (including phenoxy) is 1. The zero-order chi connectivity index (χ0) is 14.7. The highest BCUT2D eigenvalue weighted by Crippen LogP contribution is 2.34. The lowest BCUT2D eigenvalue weighted by atomic mass is 9.94. The Morgan fingerprint density at radius 1 is 1.45 bits per heavy atom. The molecule has 5 nitrogen and oxygen atoms in total. The molecule has 106 valence electrons. The molecule has 0 aliphatic carbocycles. The van der Waals surface area contributed by atoms with Crippen LogP contribution in [0.3, 0.4) is 0 Å². The van der Waals surface area contributed by atoms with Gasteiger partial charge in [-0.15, -0.1) is 0 Å². The number of fused-ring (bicyclic) bond motifs is 1. The maximum Gasteiger partial charge on any atom is 0.340 e. The molecule has 1 atom stereocenters. The Hall–Kier alpha value is -2.30. The van der Waals surface area contributed by atoms with Crippen LogP contribution >= 0.6 is 0 Å². The van der Waals surface area contributed by atoms with Crippen LogP contribution in [-0.4, -0.2) is 30.5 Å². The van der Waals surface area contributed by atoms with E-state index in [1.54, 1.807) is 13.8 Å². The first-order valence-electron chi connectivity index (χ1n) is 6.60. The summed E-state index contributed by atoms with van der Waals surface area (Å²) >= 11 is 0. The number of nitrogens with zero attached hydrogens (tertiary/aromatic N) is 1. The van der Waals surface area contributed by atoms with E-state index in [1.165, 1.54) is 0 Å². The van der Waals surface area contributed by atoms with Gasteiger partial charge < -0.3 is 10.5 Å². The van der Waals surface area contributed by atoms with Crippen molar-refractivity contribution in [3.05, 3.63) is 41.1 Å². The van der Waals surface area contributed by atoms with Gasteiger partial charge in [0.15, 0.2) is 6.04 Å². The van der Waals surface area contributed by atoms with Crippen LogP contribution in [0.1, 0.15) is 25.5 Å². The number of carbonyl (C=O) groups is 1. The Morgan fingerprint density at radius 3 is 2.80 bits per heavy atom. The zero-order valence-corrected chi connectivity index (χ0v) is 12.0. The van der Waals surface area contributed by atoms with E-state index in [2.05, 4.69) is 5.32 Å². The number of hydrogen-bond acceptors (Lipinski definition) is 4. The van der Waals surface area contributed by atoms with E-state index < -0.39 is 0 Å². The highest BCUT2D eigenvalue weighted by molar-refractivity contribution is 5.92. The average molecular weight is 274 g/mol. The van der Waals surface area contributed by atoms with Gasteiger partial charge in [-0.05, 0) is 19.9 Å². The summed E-state index contributed by atoms with van der Waals surface area (Å²) in [7, 11) is 1.90. The monoisotopic (exact) mass is 274 g/mol. The normalized spacial score (nSPS) is 18.4. The number of para-hydroxylation sites is 1. The van der Waals surface area contributed by atoms with Crippen molar-refractivity contribution in [2.75, 3.05) is 19.0 Å². The quantitative estimate of drug-likeness (QED) is 0.499. The number of nitrogens with two attached hydrogens (primary N) is 1. The molecule has 0 bridgehead atoms. The summed E-state index contributed by atoms with van der Waals surface area (Å²) in [6.45, 7) is 3.84. The summed E-state index contributed by atoms with van der Waals surface area (Å²) in [5, 5.41) is 3.19. The van der Waals surface area contributed by atoms with Crippen LogP contribution in [0.25, 0.3) is 0 Å². The number of likely N-dealkylation sites (N-methyl/N-ethyl adjacent to an activating group) is 1. The van der Waals surface area contributed by atoms with Gasteiger partial charge in [0.25, 0.3) is 0 Å². The molecule has 0 saturated carbocycles. The first kappa shape index (κ1) is 14.1. The lowest BCUT2D eigenvalue weighted by Crippen LogP contribution is -2.31. The van der Waals surface area contributed by atoms with Crippen LogP contribution in [0.2, 0.25) is 0 Å². The first-order valence-corrected chi connectivity index (χ1v) is 6.60. The molecule has 0 spiro atoms. The molecular formula is C15H20N3O2+. The molecule has 2 rings (SSSR count). The molecule has 0 saturated heterocycles. The number of anilines is 1. The van der Waals surface area contributed by atoms with Crippen molar-refractivity contribution in [2.24, 2.45) is 5.73 Å². The Labute approximate surface area is 118 Å². The molecule has 0 radical (unpaired) electrons. The summed E-state index contributed by atoms with van der Waals surface area (Å²) in [5.74, 6) is -0.366. The Morgan fingerprint density at radius 2 is 2.15 bits per heavy atom. The molecule has 0 amide bonds. The molecule has 3 N–H and O–H groups in total. The van der Waals surface area contributed by atoms with Gasteiger partial charge in [0.1, 0.15) is 11.3 Å². The molecule has 1 aliphatic rings. The SMILES string of the molecule is CCOC(=O)/C(=C(\C)N)C1c2ccccc2NC=[N+]1C. The molecular weight excluding hydrogens is 254 g/mol. The molecule has 1 aromatic carbocycles. The highest BCUT2D eigenvalue weighted by atomic mass is 16.5. The minimum Gasteiger partial charge on any atom is -0.462 e. The molecule has 1 heterocycles. The number of carbonyl (C=O) groups excluding carboxylic acids is 1. The molecule has 0 aromatic heterocycles. The second-order valence-electron chi connectivity index (χ2n) is 4.75. The largest absolute Gasteiger partial charge is 0.462 e. The lowest BCUT2D eigenvalue weighted by Gasteiger charge is -2.24. The van der Waals surface area contributed by atoms with Crippen LogP contribution in [0.5, 0.6) is 0 Å². The fourth-order valence-electron chi connectivity index (χ4n) is 2.39. The van der Waals surface area contributed by atoms with Crippen LogP contribution in [0.15, 0.2) is 35.5 Å². The number of rotatable bonds is 3. The van der Waals surface area contributed by atoms with Gasteiger partial charge in [-0.25, -0.2) is 10.1 Å². The number of nitrogens with one attached hydrogen (secondary N) is 1. The van der Waals surface area contributed by atoms with Crippen molar-refractivity contribution >= 4 is 18.0 Å².